The Hall–Kier alpha value is -3.70. The molecule has 0 saturated carbocycles. The van der Waals surface area contributed by atoms with E-state index in [4.69, 9.17) is 49.5 Å². The molecule has 1 aromatic heterocycles. The molecule has 19 heteroatoms. The number of hydrogen-bond acceptors (Lipinski definition) is 18. The first-order valence-corrected chi connectivity index (χ1v) is 26.2. The number of rotatable bonds is 18. The van der Waals surface area contributed by atoms with E-state index < -0.39 is 115 Å². The topological polar surface area (TPSA) is 240 Å². The smallest absolute Gasteiger partial charge is 0.311 e. The summed E-state index contributed by atoms with van der Waals surface area (Å²) in [6.07, 6.45) is -2.56. The minimum Gasteiger partial charge on any atom is -0.459 e. The van der Waals surface area contributed by atoms with Gasteiger partial charge < -0.3 is 68.9 Å². The minimum absolute atomic E-state index is 0.0241. The second-order valence-electron chi connectivity index (χ2n) is 21.8. The Morgan fingerprint density at radius 3 is 2.22 bits per heavy atom. The number of alkyl halides is 1. The standard InChI is InChI=1S/C55H88FN5O13/c1-14-44-55(9,66)50(64)36(6)47(62)32(2)26-54(8,69-13)45(25-43(35(5)51(65)73-44)72-46-28-53(7,68-12)27-34(4)70-46)74-52-48(63)41(24-33(3)71-52)60(10)23-21-40(57)31-61(58)42(29-56)49(67-11)38-19-17-37(18-20-38)39-16-15-22-59-30-39/h15-20,22,30-36,41-46,48-50,52,63-64,66H,14,21,23-29,57-58H2,1-13H3/b40-31-/t32-,33-,34+,35-,36+,41+,42-,43+,44-,45-,46+,48-,49-,50-,52+,53+,54-,55-/m1/s1. The van der Waals surface area contributed by atoms with Gasteiger partial charge in [-0.2, -0.15) is 0 Å². The molecule has 3 fully saturated rings. The normalized spacial score (nSPS) is 37.0. The number of hydrogen-bond donors (Lipinski definition) is 5. The van der Waals surface area contributed by atoms with Crippen molar-refractivity contribution in [2.75, 3.05) is 41.6 Å². The molecule has 1 aromatic carbocycles. The Balaban J connectivity index is 1.40. The molecule has 4 heterocycles. The number of carbonyl (C=O) groups is 2. The number of ketones is 1. The lowest BCUT2D eigenvalue weighted by atomic mass is 9.76. The molecule has 18 atom stereocenters. The third-order valence-corrected chi connectivity index (χ3v) is 16.0. The van der Waals surface area contributed by atoms with Crippen molar-refractivity contribution in [2.45, 2.75) is 198 Å². The molecule has 0 aliphatic carbocycles. The summed E-state index contributed by atoms with van der Waals surface area (Å²) in [6, 6.07) is 10.0. The molecule has 418 valence electrons. The maximum Gasteiger partial charge on any atom is 0.311 e. The number of aliphatic hydroxyl groups is 3. The third kappa shape index (κ3) is 14.9. The first kappa shape index (κ1) is 61.2. The number of methoxy groups -OCH3 is 3. The van der Waals surface area contributed by atoms with Gasteiger partial charge in [0.2, 0.25) is 0 Å². The van der Waals surface area contributed by atoms with E-state index in [1.165, 1.54) is 32.4 Å². The number of aliphatic hydroxyl groups excluding tert-OH is 2. The van der Waals surface area contributed by atoms with Crippen molar-refractivity contribution in [3.63, 3.8) is 0 Å². The lowest BCUT2D eigenvalue weighted by molar-refractivity contribution is -0.301. The van der Waals surface area contributed by atoms with Crippen molar-refractivity contribution in [1.82, 2.24) is 14.9 Å². The van der Waals surface area contributed by atoms with Crippen LogP contribution in [0.2, 0.25) is 0 Å². The lowest BCUT2D eigenvalue weighted by Gasteiger charge is -2.47. The maximum atomic E-state index is 14.8. The van der Waals surface area contributed by atoms with Crippen LogP contribution in [0.5, 0.6) is 0 Å². The number of likely N-dealkylation sites (N-methyl/N-ethyl adjacent to an activating group) is 1. The number of ether oxygens (including phenoxy) is 8. The average molecular weight is 1050 g/mol. The zero-order chi connectivity index (χ0) is 54.9. The highest BCUT2D eigenvalue weighted by Crippen LogP contribution is 2.40. The van der Waals surface area contributed by atoms with Gasteiger partial charge in [0.05, 0.1) is 47.6 Å². The molecule has 3 saturated heterocycles. The van der Waals surface area contributed by atoms with Crippen LogP contribution in [0.1, 0.15) is 119 Å². The summed E-state index contributed by atoms with van der Waals surface area (Å²) in [5.41, 5.74) is 5.69. The minimum atomic E-state index is -1.98. The van der Waals surface area contributed by atoms with Crippen LogP contribution in [0.4, 0.5) is 4.39 Å². The predicted octanol–water partition coefficient (Wildman–Crippen LogP) is 5.75. The van der Waals surface area contributed by atoms with E-state index in [1.54, 1.807) is 54.1 Å². The van der Waals surface area contributed by atoms with Crippen molar-refractivity contribution < 1.29 is 67.2 Å². The number of Topliss-reactive ketones (excluding diaryl/α,β-unsaturated/α-hetero) is 1. The number of carbonyl (C=O) groups excluding carboxylic acids is 2. The summed E-state index contributed by atoms with van der Waals surface area (Å²) in [4.78, 5) is 34.7. The number of pyridine rings is 1. The van der Waals surface area contributed by atoms with Gasteiger partial charge in [0.15, 0.2) is 12.6 Å². The fourth-order valence-electron chi connectivity index (χ4n) is 11.0. The van der Waals surface area contributed by atoms with Crippen molar-refractivity contribution in [3.05, 3.63) is 66.3 Å². The van der Waals surface area contributed by atoms with Crippen LogP contribution in [0.25, 0.3) is 11.1 Å². The fraction of sp³-hybridized carbons (Fsp3) is 0.727. The number of esters is 1. The average Bonchev–Trinajstić information content (AvgIpc) is 3.37. The summed E-state index contributed by atoms with van der Waals surface area (Å²) >= 11 is 0. The molecule has 3 aliphatic heterocycles. The van der Waals surface area contributed by atoms with Crippen LogP contribution in [0.3, 0.4) is 0 Å². The molecule has 74 heavy (non-hydrogen) atoms. The molecule has 7 N–H and O–H groups in total. The second kappa shape index (κ2) is 26.6. The molecule has 3 aliphatic rings. The molecule has 2 aromatic rings. The van der Waals surface area contributed by atoms with Crippen LogP contribution in [0, 0.1) is 17.8 Å². The van der Waals surface area contributed by atoms with Crippen LogP contribution < -0.4 is 11.6 Å². The van der Waals surface area contributed by atoms with E-state index in [1.807, 2.05) is 69.1 Å². The second-order valence-corrected chi connectivity index (χ2v) is 21.8. The van der Waals surface area contributed by atoms with E-state index in [9.17, 15) is 29.3 Å². The molecule has 18 nitrogen and oxygen atoms in total. The molecule has 5 rings (SSSR count). The van der Waals surface area contributed by atoms with Crippen molar-refractivity contribution in [2.24, 2.45) is 29.3 Å². The van der Waals surface area contributed by atoms with Crippen LogP contribution >= 0.6 is 0 Å². The van der Waals surface area contributed by atoms with Gasteiger partial charge in [-0.15, -0.1) is 0 Å². The first-order chi connectivity index (χ1) is 34.8. The largest absolute Gasteiger partial charge is 0.459 e. The Morgan fingerprint density at radius 2 is 1.62 bits per heavy atom. The van der Waals surface area contributed by atoms with Gasteiger partial charge in [0.25, 0.3) is 0 Å². The van der Waals surface area contributed by atoms with E-state index in [0.717, 1.165) is 16.7 Å². The van der Waals surface area contributed by atoms with Crippen molar-refractivity contribution in [3.8, 4) is 11.1 Å². The van der Waals surface area contributed by atoms with Gasteiger partial charge in [0, 0.05) is 95.7 Å². The van der Waals surface area contributed by atoms with Crippen LogP contribution in [-0.4, -0.2) is 168 Å². The van der Waals surface area contributed by atoms with Gasteiger partial charge >= 0.3 is 5.97 Å². The molecular weight excluding hydrogens is 958 g/mol. The summed E-state index contributed by atoms with van der Waals surface area (Å²) in [6.45, 7) is 15.1. The number of halogens is 1. The summed E-state index contributed by atoms with van der Waals surface area (Å²) < 4.78 is 65.3. The molecule has 0 radical (unpaired) electrons. The number of cyclic esters (lactones) is 1. The van der Waals surface area contributed by atoms with Crippen LogP contribution in [0.15, 0.2) is 60.7 Å². The van der Waals surface area contributed by atoms with E-state index >= 15 is 0 Å². The third-order valence-electron chi connectivity index (χ3n) is 16.0. The molecular formula is C55H88FN5O13. The Bertz CT molecular complexity index is 2110. The number of hydrazine groups is 1. The number of benzene rings is 1. The van der Waals surface area contributed by atoms with Gasteiger partial charge in [-0.25, -0.2) is 10.2 Å². The van der Waals surface area contributed by atoms with Gasteiger partial charge in [-0.1, -0.05) is 51.1 Å². The number of aromatic nitrogens is 1. The zero-order valence-electron chi connectivity index (χ0n) is 46.0. The monoisotopic (exact) mass is 1050 g/mol. The Labute approximate surface area is 438 Å². The first-order valence-electron chi connectivity index (χ1n) is 26.2. The van der Waals surface area contributed by atoms with E-state index in [2.05, 4.69) is 4.98 Å². The fourth-order valence-corrected chi connectivity index (χ4v) is 11.0. The highest BCUT2D eigenvalue weighted by atomic mass is 19.1. The van der Waals surface area contributed by atoms with Crippen molar-refractivity contribution in [1.29, 1.82) is 0 Å². The van der Waals surface area contributed by atoms with E-state index in [0.29, 0.717) is 37.9 Å². The Morgan fingerprint density at radius 1 is 0.932 bits per heavy atom. The zero-order valence-corrected chi connectivity index (χ0v) is 46.0. The summed E-state index contributed by atoms with van der Waals surface area (Å²) in [5.74, 6) is 2.64. The van der Waals surface area contributed by atoms with E-state index in [-0.39, 0.29) is 31.1 Å². The van der Waals surface area contributed by atoms with Gasteiger partial charge in [-0.3, -0.25) is 14.6 Å². The molecule has 0 bridgehead atoms. The van der Waals surface area contributed by atoms with Crippen LogP contribution in [-0.2, 0) is 47.5 Å². The predicted molar refractivity (Wildman–Crippen MR) is 276 cm³/mol. The lowest BCUT2D eigenvalue weighted by Crippen LogP contribution is -2.59. The summed E-state index contributed by atoms with van der Waals surface area (Å²) in [5, 5.41) is 36.8. The SMILES string of the molecule is CC[C@H]1OC(=O)[C@H](C)[C@@H](O[C@H]2C[C@@](C)(OC)C[C@H](C)O2)C[C@@H](O[C@@H]2O[C@H](C)C[C@H](N(C)CC/C(N)=C/N(N)[C@H](CF)[C@H](OC)c3ccc(-c4cccnc4)cc3)[C@H]2O)[C@](C)(OC)C[C@@H](C)C(=O)[C@H](C)[C@@H](O)[C@]1(C)O. The Kier molecular flexibility index (Phi) is 22.0. The van der Waals surface area contributed by atoms with Gasteiger partial charge in [-0.05, 0) is 90.6 Å². The van der Waals surface area contributed by atoms with Crippen molar-refractivity contribution >= 4 is 11.8 Å². The molecule has 0 amide bonds. The number of nitrogens with zero attached hydrogens (tertiary/aromatic N) is 3. The number of nitrogens with two attached hydrogens (primary N) is 2. The highest BCUT2D eigenvalue weighted by Gasteiger charge is 2.51. The summed E-state index contributed by atoms with van der Waals surface area (Å²) in [7, 11) is 6.50. The molecule has 0 spiro atoms. The highest BCUT2D eigenvalue weighted by molar-refractivity contribution is 5.83. The maximum absolute atomic E-state index is 14.8. The molecule has 0 unspecified atom stereocenters. The quantitative estimate of drug-likeness (QED) is 0.0679. The van der Waals surface area contributed by atoms with Gasteiger partial charge in [0.1, 0.15) is 42.4 Å².